The molecular weight excluding hydrogens is 370 g/mol. The Balaban J connectivity index is 1.92. The van der Waals surface area contributed by atoms with Gasteiger partial charge in [0.15, 0.2) is 12.3 Å². The van der Waals surface area contributed by atoms with Crippen LogP contribution in [0.5, 0.6) is 0 Å². The number of carbonyl (C=O) groups excluding carboxylic acids is 2. The first-order chi connectivity index (χ1) is 13.7. The maximum atomic E-state index is 12.8. The largest absolute Gasteiger partial charge is 0.451 e. The summed E-state index contributed by atoms with van der Waals surface area (Å²) in [7, 11) is 0. The number of aromatic nitrogens is 2. The fraction of sp³-hybridized carbons (Fsp3) is 0.273. The van der Waals surface area contributed by atoms with E-state index in [1.54, 1.807) is 24.3 Å². The van der Waals surface area contributed by atoms with Crippen LogP contribution >= 0.6 is 0 Å². The van der Waals surface area contributed by atoms with Gasteiger partial charge in [0.05, 0.1) is 11.9 Å². The van der Waals surface area contributed by atoms with Gasteiger partial charge in [-0.15, -0.1) is 0 Å². The van der Waals surface area contributed by atoms with Gasteiger partial charge >= 0.3 is 5.97 Å². The third-order valence-corrected chi connectivity index (χ3v) is 4.09. The van der Waals surface area contributed by atoms with E-state index in [1.165, 1.54) is 4.68 Å². The summed E-state index contributed by atoms with van der Waals surface area (Å²) in [5, 5.41) is 7.73. The average molecular weight is 393 g/mol. The molecule has 1 aromatic heterocycles. The summed E-state index contributed by atoms with van der Waals surface area (Å²) in [5.41, 5.74) is 0.143. The minimum absolute atomic E-state index is 0.000287. The molecule has 0 atom stereocenters. The van der Waals surface area contributed by atoms with Gasteiger partial charge in [0.1, 0.15) is 0 Å². The van der Waals surface area contributed by atoms with Crippen LogP contribution in [0.25, 0.3) is 10.8 Å². The van der Waals surface area contributed by atoms with E-state index in [4.69, 9.17) is 4.74 Å². The highest BCUT2D eigenvalue weighted by molar-refractivity contribution is 6.02. The van der Waals surface area contributed by atoms with E-state index in [-0.39, 0.29) is 17.8 Å². The number of ether oxygens (including phenoxy) is 1. The van der Waals surface area contributed by atoms with E-state index in [9.17, 15) is 14.4 Å². The molecule has 1 heterocycles. The Hall–Kier alpha value is -3.48. The molecule has 0 saturated carbocycles. The first kappa shape index (κ1) is 20.3. The number of rotatable bonds is 5. The molecule has 0 bridgehead atoms. The van der Waals surface area contributed by atoms with Gasteiger partial charge < -0.3 is 10.1 Å². The summed E-state index contributed by atoms with van der Waals surface area (Å²) < 4.78 is 6.40. The number of carbonyl (C=O) groups is 2. The second-order valence-electron chi connectivity index (χ2n) is 7.72. The quantitative estimate of drug-likeness (QED) is 0.673. The third kappa shape index (κ3) is 5.07. The lowest BCUT2D eigenvalue weighted by atomic mass is 10.1. The van der Waals surface area contributed by atoms with Crippen LogP contribution in [0.1, 0.15) is 36.8 Å². The lowest BCUT2D eigenvalue weighted by Crippen LogP contribution is -2.42. The highest BCUT2D eigenvalue weighted by Gasteiger charge is 2.20. The second-order valence-corrected chi connectivity index (χ2v) is 7.72. The normalized spacial score (nSPS) is 11.3. The fourth-order valence-electron chi connectivity index (χ4n) is 2.90. The van der Waals surface area contributed by atoms with Gasteiger partial charge in [-0.2, -0.15) is 5.10 Å². The molecule has 29 heavy (non-hydrogen) atoms. The number of benzene rings is 2. The van der Waals surface area contributed by atoms with Crippen LogP contribution in [0.4, 0.5) is 0 Å². The number of amides is 1. The molecule has 0 fully saturated rings. The number of hydrogen-bond donors (Lipinski definition) is 1. The second kappa shape index (κ2) is 8.26. The molecule has 3 rings (SSSR count). The molecule has 1 amide bonds. The topological polar surface area (TPSA) is 90.3 Å². The fourth-order valence-corrected chi connectivity index (χ4v) is 2.90. The van der Waals surface area contributed by atoms with Crippen molar-refractivity contribution in [3.05, 3.63) is 76.2 Å². The smallest absolute Gasteiger partial charge is 0.359 e. The Morgan fingerprint density at radius 2 is 1.62 bits per heavy atom. The highest BCUT2D eigenvalue weighted by Crippen LogP contribution is 2.15. The summed E-state index contributed by atoms with van der Waals surface area (Å²) in [6.07, 6.45) is 0. The molecule has 0 spiro atoms. The van der Waals surface area contributed by atoms with Gasteiger partial charge in [0, 0.05) is 10.9 Å². The van der Waals surface area contributed by atoms with E-state index < -0.39 is 24.0 Å². The van der Waals surface area contributed by atoms with Crippen LogP contribution < -0.4 is 10.9 Å². The van der Waals surface area contributed by atoms with E-state index in [2.05, 4.69) is 10.4 Å². The van der Waals surface area contributed by atoms with Crippen LogP contribution in [-0.2, 0) is 16.1 Å². The Labute approximate surface area is 168 Å². The van der Waals surface area contributed by atoms with Crippen LogP contribution in [-0.4, -0.2) is 33.8 Å². The average Bonchev–Trinajstić information content (AvgIpc) is 2.68. The summed E-state index contributed by atoms with van der Waals surface area (Å²) >= 11 is 0. The minimum atomic E-state index is -0.757. The molecule has 0 unspecified atom stereocenters. The van der Waals surface area contributed by atoms with Crippen molar-refractivity contribution in [2.24, 2.45) is 0 Å². The zero-order chi connectivity index (χ0) is 21.0. The molecule has 0 aliphatic rings. The van der Waals surface area contributed by atoms with Gasteiger partial charge in [-0.3, -0.25) is 9.59 Å². The van der Waals surface area contributed by atoms with Crippen molar-refractivity contribution >= 4 is 22.6 Å². The number of nitrogens with one attached hydrogen (secondary N) is 1. The first-order valence-electron chi connectivity index (χ1n) is 9.26. The number of fused-ring (bicyclic) bond motifs is 1. The molecular formula is C22H23N3O4. The summed E-state index contributed by atoms with van der Waals surface area (Å²) in [6.45, 7) is 5.29. The Kier molecular flexibility index (Phi) is 5.77. The van der Waals surface area contributed by atoms with Crippen molar-refractivity contribution in [2.75, 3.05) is 6.61 Å². The summed E-state index contributed by atoms with van der Waals surface area (Å²) in [5.74, 6) is -1.17. The maximum Gasteiger partial charge on any atom is 0.359 e. The zero-order valence-corrected chi connectivity index (χ0v) is 16.6. The standard InChI is InChI=1S/C22H23N3O4/c1-22(2,3)23-18(26)14-29-21(28)19-16-11-7-8-12-17(16)20(27)25(24-19)13-15-9-5-4-6-10-15/h4-12H,13-14H2,1-3H3,(H,23,26). The molecule has 150 valence electrons. The Morgan fingerprint density at radius 1 is 1.00 bits per heavy atom. The number of hydrogen-bond acceptors (Lipinski definition) is 5. The monoisotopic (exact) mass is 393 g/mol. The predicted octanol–water partition coefficient (Wildman–Crippen LogP) is 2.52. The van der Waals surface area contributed by atoms with Gasteiger partial charge in [-0.05, 0) is 32.4 Å². The van der Waals surface area contributed by atoms with E-state index >= 15 is 0 Å². The zero-order valence-electron chi connectivity index (χ0n) is 16.6. The number of esters is 1. The van der Waals surface area contributed by atoms with Crippen LogP contribution in [0.15, 0.2) is 59.4 Å². The Morgan fingerprint density at radius 3 is 2.28 bits per heavy atom. The van der Waals surface area contributed by atoms with Crippen molar-refractivity contribution < 1.29 is 14.3 Å². The molecule has 1 N–H and O–H groups in total. The predicted molar refractivity (Wildman–Crippen MR) is 110 cm³/mol. The maximum absolute atomic E-state index is 12.8. The van der Waals surface area contributed by atoms with E-state index in [1.807, 2.05) is 51.1 Å². The molecule has 7 heteroatoms. The van der Waals surface area contributed by atoms with Gasteiger partial charge in [0.25, 0.3) is 11.5 Å². The summed E-state index contributed by atoms with van der Waals surface area (Å²) in [6, 6.07) is 16.1. The van der Waals surface area contributed by atoms with Gasteiger partial charge in [-0.25, -0.2) is 9.48 Å². The minimum Gasteiger partial charge on any atom is -0.451 e. The first-order valence-corrected chi connectivity index (χ1v) is 9.26. The van der Waals surface area contributed by atoms with Crippen molar-refractivity contribution in [1.29, 1.82) is 0 Å². The van der Waals surface area contributed by atoms with Gasteiger partial charge in [0.2, 0.25) is 0 Å². The molecule has 0 aliphatic carbocycles. The SMILES string of the molecule is CC(C)(C)NC(=O)COC(=O)c1nn(Cc2ccccc2)c(=O)c2ccccc12. The van der Waals surface area contributed by atoms with Crippen molar-refractivity contribution in [1.82, 2.24) is 15.1 Å². The molecule has 7 nitrogen and oxygen atoms in total. The summed E-state index contributed by atoms with van der Waals surface area (Å²) in [4.78, 5) is 37.4. The van der Waals surface area contributed by atoms with Crippen molar-refractivity contribution in [2.45, 2.75) is 32.9 Å². The van der Waals surface area contributed by atoms with E-state index in [0.717, 1.165) is 5.56 Å². The molecule has 2 aromatic carbocycles. The lowest BCUT2D eigenvalue weighted by Gasteiger charge is -2.20. The number of nitrogens with zero attached hydrogens (tertiary/aromatic N) is 2. The van der Waals surface area contributed by atoms with Crippen molar-refractivity contribution in [3.63, 3.8) is 0 Å². The molecule has 0 aliphatic heterocycles. The Bertz CT molecular complexity index is 1100. The van der Waals surface area contributed by atoms with Gasteiger partial charge in [-0.1, -0.05) is 48.5 Å². The van der Waals surface area contributed by atoms with E-state index in [0.29, 0.717) is 10.8 Å². The third-order valence-electron chi connectivity index (χ3n) is 4.09. The van der Waals surface area contributed by atoms with Crippen molar-refractivity contribution in [3.8, 4) is 0 Å². The highest BCUT2D eigenvalue weighted by atomic mass is 16.5. The van der Waals surface area contributed by atoms with Crippen LogP contribution in [0.2, 0.25) is 0 Å². The molecule has 0 radical (unpaired) electrons. The molecule has 3 aromatic rings. The molecule has 0 saturated heterocycles. The lowest BCUT2D eigenvalue weighted by molar-refractivity contribution is -0.125. The van der Waals surface area contributed by atoms with Crippen LogP contribution in [0.3, 0.4) is 0 Å². The van der Waals surface area contributed by atoms with Crippen LogP contribution in [0, 0.1) is 0 Å².